The molecule has 0 bridgehead atoms. The number of nitrogens with two attached hydrogens (primary N) is 1. The summed E-state index contributed by atoms with van der Waals surface area (Å²) in [6.45, 7) is 0. The van der Waals surface area contributed by atoms with Gasteiger partial charge >= 0.3 is 0 Å². The van der Waals surface area contributed by atoms with Gasteiger partial charge in [-0.25, -0.2) is 0 Å². The minimum absolute atomic E-state index is 0.209. The van der Waals surface area contributed by atoms with Crippen molar-refractivity contribution in [3.05, 3.63) is 36.4 Å². The summed E-state index contributed by atoms with van der Waals surface area (Å²) in [5.74, 6) is 0.593. The van der Waals surface area contributed by atoms with E-state index < -0.39 is 0 Å². The first-order valence-corrected chi connectivity index (χ1v) is 4.14. The van der Waals surface area contributed by atoms with Crippen molar-refractivity contribution in [3.63, 3.8) is 0 Å². The molecule has 1 heterocycles. The van der Waals surface area contributed by atoms with Gasteiger partial charge in [-0.1, -0.05) is 12.1 Å². The van der Waals surface area contributed by atoms with Crippen LogP contribution in [0.1, 0.15) is 0 Å². The molecule has 0 aliphatic heterocycles. The lowest BCUT2D eigenvalue weighted by Gasteiger charge is -2.00. The summed E-state index contributed by atoms with van der Waals surface area (Å²) in [5, 5.41) is 16.9. The molecule has 70 valence electrons. The van der Waals surface area contributed by atoms with E-state index >= 15 is 0 Å². The van der Waals surface area contributed by atoms with Crippen LogP contribution in [0.5, 0.6) is 5.75 Å². The van der Waals surface area contributed by atoms with Gasteiger partial charge in [0.2, 0.25) is 0 Å². The predicted molar refractivity (Wildman–Crippen MR) is 53.5 cm³/mol. The molecule has 3 N–H and O–H groups in total. The molecule has 0 atom stereocenters. The summed E-state index contributed by atoms with van der Waals surface area (Å²) >= 11 is 0. The van der Waals surface area contributed by atoms with E-state index in [2.05, 4.69) is 10.2 Å². The Bertz CT molecular complexity index is 439. The van der Waals surface area contributed by atoms with Gasteiger partial charge in [-0.15, -0.1) is 10.2 Å². The number of nitrogens with zero attached hydrogens (tertiary/aromatic N) is 2. The first-order valence-electron chi connectivity index (χ1n) is 4.14. The molecule has 4 nitrogen and oxygen atoms in total. The molecule has 0 unspecified atom stereocenters. The van der Waals surface area contributed by atoms with Crippen LogP contribution < -0.4 is 5.73 Å². The Kier molecular flexibility index (Phi) is 2.02. The standard InChI is InChI=1S/C10H9N3O/c11-10-5-4-9(12-13-10)7-2-1-3-8(14)6-7/h1-6,14H,(H2,11,13). The van der Waals surface area contributed by atoms with Crippen molar-refractivity contribution in [1.29, 1.82) is 0 Å². The number of aromatic hydroxyl groups is 1. The molecule has 14 heavy (non-hydrogen) atoms. The first-order chi connectivity index (χ1) is 6.75. The largest absolute Gasteiger partial charge is 0.508 e. The minimum Gasteiger partial charge on any atom is -0.508 e. The Labute approximate surface area is 81.0 Å². The maximum atomic E-state index is 9.26. The summed E-state index contributed by atoms with van der Waals surface area (Å²) in [4.78, 5) is 0. The van der Waals surface area contributed by atoms with Crippen LogP contribution in [0.15, 0.2) is 36.4 Å². The Hall–Kier alpha value is -2.10. The summed E-state index contributed by atoms with van der Waals surface area (Å²) in [5.41, 5.74) is 6.92. The molecule has 4 heteroatoms. The second-order valence-corrected chi connectivity index (χ2v) is 2.89. The molecule has 0 fully saturated rings. The minimum atomic E-state index is 0.209. The van der Waals surface area contributed by atoms with Crippen LogP contribution in [0, 0.1) is 0 Å². The summed E-state index contributed by atoms with van der Waals surface area (Å²) in [7, 11) is 0. The number of anilines is 1. The maximum Gasteiger partial charge on any atom is 0.146 e. The molecule has 1 aromatic heterocycles. The third kappa shape index (κ3) is 1.64. The lowest BCUT2D eigenvalue weighted by atomic mass is 10.1. The number of phenols is 1. The third-order valence-corrected chi connectivity index (χ3v) is 1.83. The van der Waals surface area contributed by atoms with Gasteiger partial charge in [0, 0.05) is 5.56 Å². The Balaban J connectivity index is 2.44. The van der Waals surface area contributed by atoms with Gasteiger partial charge in [-0.3, -0.25) is 0 Å². The van der Waals surface area contributed by atoms with Gasteiger partial charge < -0.3 is 10.8 Å². The molecule has 0 amide bonds. The average molecular weight is 187 g/mol. The van der Waals surface area contributed by atoms with Gasteiger partial charge in [0.25, 0.3) is 0 Å². The molecule has 1 aromatic carbocycles. The zero-order valence-electron chi connectivity index (χ0n) is 7.38. The number of phenolic OH excluding ortho intramolecular Hbond substituents is 1. The third-order valence-electron chi connectivity index (χ3n) is 1.83. The molecule has 0 radical (unpaired) electrons. The second-order valence-electron chi connectivity index (χ2n) is 2.89. The van der Waals surface area contributed by atoms with Crippen molar-refractivity contribution >= 4 is 5.82 Å². The zero-order chi connectivity index (χ0) is 9.97. The van der Waals surface area contributed by atoms with E-state index in [0.29, 0.717) is 11.5 Å². The fourth-order valence-electron chi connectivity index (χ4n) is 1.16. The topological polar surface area (TPSA) is 72.0 Å². The highest BCUT2D eigenvalue weighted by Crippen LogP contribution is 2.20. The van der Waals surface area contributed by atoms with Crippen LogP contribution in [0.2, 0.25) is 0 Å². The zero-order valence-corrected chi connectivity index (χ0v) is 7.38. The SMILES string of the molecule is Nc1ccc(-c2cccc(O)c2)nn1. The Morgan fingerprint density at radius 3 is 2.57 bits per heavy atom. The van der Waals surface area contributed by atoms with Crippen molar-refractivity contribution in [2.75, 3.05) is 5.73 Å². The molecule has 0 spiro atoms. The normalized spacial score (nSPS) is 10.0. The van der Waals surface area contributed by atoms with E-state index in [1.165, 1.54) is 0 Å². The van der Waals surface area contributed by atoms with Crippen LogP contribution >= 0.6 is 0 Å². The van der Waals surface area contributed by atoms with Crippen molar-refractivity contribution < 1.29 is 5.11 Å². The quantitative estimate of drug-likeness (QED) is 0.708. The number of nitrogen functional groups attached to an aromatic ring is 1. The fourth-order valence-corrected chi connectivity index (χ4v) is 1.16. The average Bonchev–Trinajstić information content (AvgIpc) is 2.19. The van der Waals surface area contributed by atoms with Gasteiger partial charge in [-0.2, -0.15) is 0 Å². The van der Waals surface area contributed by atoms with Crippen molar-refractivity contribution in [2.24, 2.45) is 0 Å². The number of aromatic nitrogens is 2. The highest BCUT2D eigenvalue weighted by Gasteiger charge is 2.00. The van der Waals surface area contributed by atoms with E-state index in [1.54, 1.807) is 30.3 Å². The predicted octanol–water partition coefficient (Wildman–Crippen LogP) is 1.43. The van der Waals surface area contributed by atoms with Crippen LogP contribution in [-0.4, -0.2) is 15.3 Å². The van der Waals surface area contributed by atoms with Gasteiger partial charge in [0.1, 0.15) is 11.6 Å². The molecular formula is C10H9N3O. The molecule has 0 aliphatic carbocycles. The van der Waals surface area contributed by atoms with Crippen LogP contribution in [0.4, 0.5) is 5.82 Å². The smallest absolute Gasteiger partial charge is 0.146 e. The summed E-state index contributed by atoms with van der Waals surface area (Å²) in [6, 6.07) is 10.3. The van der Waals surface area contributed by atoms with Gasteiger partial charge in [-0.05, 0) is 24.3 Å². The number of hydrogen-bond donors (Lipinski definition) is 2. The molecule has 0 saturated heterocycles. The summed E-state index contributed by atoms with van der Waals surface area (Å²) in [6.07, 6.45) is 0. The first kappa shape index (κ1) is 8.50. The second kappa shape index (κ2) is 3.33. The van der Waals surface area contributed by atoms with Crippen molar-refractivity contribution in [1.82, 2.24) is 10.2 Å². The maximum absolute atomic E-state index is 9.26. The van der Waals surface area contributed by atoms with E-state index in [4.69, 9.17) is 5.73 Å². The van der Waals surface area contributed by atoms with Crippen LogP contribution in [0.25, 0.3) is 11.3 Å². The lowest BCUT2D eigenvalue weighted by molar-refractivity contribution is 0.475. The molecular weight excluding hydrogens is 178 g/mol. The van der Waals surface area contributed by atoms with Crippen LogP contribution in [-0.2, 0) is 0 Å². The Morgan fingerprint density at radius 2 is 1.93 bits per heavy atom. The van der Waals surface area contributed by atoms with Gasteiger partial charge in [0.15, 0.2) is 0 Å². The Morgan fingerprint density at radius 1 is 1.07 bits per heavy atom. The van der Waals surface area contributed by atoms with E-state index in [1.807, 2.05) is 6.07 Å². The highest BCUT2D eigenvalue weighted by molar-refractivity contribution is 5.61. The number of benzene rings is 1. The van der Waals surface area contributed by atoms with E-state index in [9.17, 15) is 5.11 Å². The fraction of sp³-hybridized carbons (Fsp3) is 0. The van der Waals surface area contributed by atoms with Crippen molar-refractivity contribution in [3.8, 4) is 17.0 Å². The molecule has 0 saturated carbocycles. The highest BCUT2D eigenvalue weighted by atomic mass is 16.3. The molecule has 2 aromatic rings. The van der Waals surface area contributed by atoms with Crippen molar-refractivity contribution in [2.45, 2.75) is 0 Å². The summed E-state index contributed by atoms with van der Waals surface area (Å²) < 4.78 is 0. The van der Waals surface area contributed by atoms with Gasteiger partial charge in [0.05, 0.1) is 5.69 Å². The number of hydrogen-bond acceptors (Lipinski definition) is 4. The monoisotopic (exact) mass is 187 g/mol. The van der Waals surface area contributed by atoms with E-state index in [-0.39, 0.29) is 5.75 Å². The van der Waals surface area contributed by atoms with E-state index in [0.717, 1.165) is 5.56 Å². The lowest BCUT2D eigenvalue weighted by Crippen LogP contribution is -1.93. The molecule has 0 aliphatic rings. The van der Waals surface area contributed by atoms with Crippen LogP contribution in [0.3, 0.4) is 0 Å². The number of rotatable bonds is 1. The molecule has 2 rings (SSSR count).